The Kier molecular flexibility index (Phi) is 4.26. The topological polar surface area (TPSA) is 12.5 Å². The second-order valence-electron chi connectivity index (χ2n) is 2.94. The van der Waals surface area contributed by atoms with Crippen LogP contribution in [0.3, 0.4) is 0 Å². The van der Waals surface area contributed by atoms with Crippen molar-refractivity contribution >= 4 is 12.2 Å². The van der Waals surface area contributed by atoms with Crippen molar-refractivity contribution in [1.29, 1.82) is 0 Å². The average Bonchev–Trinajstić information content (AvgIpc) is 2.39. The van der Waals surface area contributed by atoms with E-state index in [0.29, 0.717) is 6.04 Å². The van der Waals surface area contributed by atoms with Gasteiger partial charge in [-0.05, 0) is 12.8 Å². The molecule has 1 heterocycles. The third-order valence-electron chi connectivity index (χ3n) is 1.88. The van der Waals surface area contributed by atoms with Crippen LogP contribution in [0.15, 0.2) is 0 Å². The van der Waals surface area contributed by atoms with Crippen LogP contribution in [-0.4, -0.2) is 23.5 Å². The summed E-state index contributed by atoms with van der Waals surface area (Å²) < 4.78 is 7.68. The molecule has 0 aliphatic carbocycles. The van der Waals surface area contributed by atoms with Gasteiger partial charge in [-0.15, -0.1) is 0 Å². The molecule has 1 saturated heterocycles. The van der Waals surface area contributed by atoms with E-state index < -0.39 is 0 Å². The Morgan fingerprint density at radius 2 is 2.27 bits per heavy atom. The highest BCUT2D eigenvalue weighted by Crippen LogP contribution is 2.27. The first-order valence-electron chi connectivity index (χ1n) is 4.44. The van der Waals surface area contributed by atoms with Gasteiger partial charge in [-0.1, -0.05) is 20.3 Å². The van der Waals surface area contributed by atoms with Gasteiger partial charge >= 0.3 is 0 Å². The Hall–Kier alpha value is 0.270. The van der Waals surface area contributed by atoms with Crippen LogP contribution in [0.1, 0.15) is 33.1 Å². The largest absolute Gasteiger partial charge is 0.299 e. The highest BCUT2D eigenvalue weighted by molar-refractivity contribution is 7.92. The summed E-state index contributed by atoms with van der Waals surface area (Å²) in [6, 6.07) is 0.671. The van der Waals surface area contributed by atoms with Crippen molar-refractivity contribution < 1.29 is 4.18 Å². The van der Waals surface area contributed by atoms with Crippen molar-refractivity contribution in [2.24, 2.45) is 0 Å². The Bertz CT molecular complexity index is 98.3. The molecule has 0 saturated carbocycles. The highest BCUT2D eigenvalue weighted by atomic mass is 32.2. The zero-order valence-corrected chi connectivity index (χ0v) is 8.19. The lowest BCUT2D eigenvalue weighted by Gasteiger charge is -2.18. The third-order valence-corrected chi connectivity index (χ3v) is 2.80. The summed E-state index contributed by atoms with van der Waals surface area (Å²) in [5.41, 5.74) is 0. The van der Waals surface area contributed by atoms with Crippen LogP contribution < -0.4 is 0 Å². The van der Waals surface area contributed by atoms with E-state index in [0.717, 1.165) is 13.2 Å². The Balaban J connectivity index is 2.25. The van der Waals surface area contributed by atoms with Crippen molar-refractivity contribution in [2.75, 3.05) is 13.2 Å². The van der Waals surface area contributed by atoms with E-state index in [2.05, 4.69) is 18.2 Å². The van der Waals surface area contributed by atoms with Gasteiger partial charge < -0.3 is 0 Å². The zero-order chi connectivity index (χ0) is 8.10. The summed E-state index contributed by atoms with van der Waals surface area (Å²) in [5.74, 6) is 0. The van der Waals surface area contributed by atoms with Gasteiger partial charge in [-0.2, -0.15) is 0 Å². The summed E-state index contributed by atoms with van der Waals surface area (Å²) in [6.07, 6.45) is 3.75. The van der Waals surface area contributed by atoms with Crippen LogP contribution in [0.4, 0.5) is 0 Å². The van der Waals surface area contributed by atoms with Gasteiger partial charge in [0, 0.05) is 12.6 Å². The molecule has 0 bridgehead atoms. The summed E-state index contributed by atoms with van der Waals surface area (Å²) in [5, 5.41) is 0. The fourth-order valence-electron chi connectivity index (χ4n) is 1.32. The predicted octanol–water partition coefficient (Wildman–Crippen LogP) is 2.46. The Morgan fingerprint density at radius 3 is 2.91 bits per heavy atom. The Labute approximate surface area is 73.6 Å². The smallest absolute Gasteiger partial charge is 0.0823 e. The van der Waals surface area contributed by atoms with Crippen molar-refractivity contribution in [3.63, 3.8) is 0 Å². The number of hydrogen-bond donors (Lipinski definition) is 0. The van der Waals surface area contributed by atoms with Crippen molar-refractivity contribution in [2.45, 2.75) is 39.2 Å². The molecule has 0 aromatic heterocycles. The molecular weight excluding hydrogens is 158 g/mol. The summed E-state index contributed by atoms with van der Waals surface area (Å²) >= 11 is 1.55. The molecule has 1 aliphatic heterocycles. The first-order chi connectivity index (χ1) is 5.38. The molecule has 3 heteroatoms. The first-order valence-corrected chi connectivity index (χ1v) is 5.14. The molecule has 0 radical (unpaired) electrons. The molecule has 2 nitrogen and oxygen atoms in total. The maximum absolute atomic E-state index is 5.32. The van der Waals surface area contributed by atoms with E-state index in [1.165, 1.54) is 19.3 Å². The minimum Gasteiger partial charge on any atom is -0.299 e. The second-order valence-corrected chi connectivity index (χ2v) is 3.80. The predicted molar refractivity (Wildman–Crippen MR) is 49.2 cm³/mol. The lowest BCUT2D eigenvalue weighted by molar-refractivity contribution is 0.296. The standard InChI is InChI=1S/C8H17NOS/c1-3-5-8-7-10-11-9(8)6-4-2/h8H,3-7H2,1-2H3/t8-/m1/s1. The van der Waals surface area contributed by atoms with E-state index in [4.69, 9.17) is 4.18 Å². The second kappa shape index (κ2) is 5.01. The van der Waals surface area contributed by atoms with Crippen LogP contribution in [0.2, 0.25) is 0 Å². The minimum absolute atomic E-state index is 0.671. The van der Waals surface area contributed by atoms with E-state index in [1.54, 1.807) is 12.2 Å². The molecule has 0 aromatic carbocycles. The molecule has 1 rings (SSSR count). The number of nitrogens with zero attached hydrogens (tertiary/aromatic N) is 1. The average molecular weight is 175 g/mol. The molecule has 0 amide bonds. The fraction of sp³-hybridized carbons (Fsp3) is 1.00. The van der Waals surface area contributed by atoms with Crippen molar-refractivity contribution in [3.8, 4) is 0 Å². The lowest BCUT2D eigenvalue weighted by Crippen LogP contribution is -2.26. The highest BCUT2D eigenvalue weighted by Gasteiger charge is 2.24. The van der Waals surface area contributed by atoms with Gasteiger partial charge in [-0.3, -0.25) is 4.18 Å². The monoisotopic (exact) mass is 175 g/mol. The fourth-order valence-corrected chi connectivity index (χ4v) is 2.22. The van der Waals surface area contributed by atoms with Crippen LogP contribution in [0.25, 0.3) is 0 Å². The number of hydrogen-bond acceptors (Lipinski definition) is 3. The summed E-state index contributed by atoms with van der Waals surface area (Å²) in [7, 11) is 0. The van der Waals surface area contributed by atoms with Crippen molar-refractivity contribution in [1.82, 2.24) is 4.31 Å². The number of rotatable bonds is 4. The van der Waals surface area contributed by atoms with Gasteiger partial charge in [0.1, 0.15) is 0 Å². The summed E-state index contributed by atoms with van der Waals surface area (Å²) in [6.45, 7) is 6.52. The molecule has 1 fully saturated rings. The Morgan fingerprint density at radius 1 is 1.45 bits per heavy atom. The van der Waals surface area contributed by atoms with E-state index in [9.17, 15) is 0 Å². The molecule has 0 N–H and O–H groups in total. The van der Waals surface area contributed by atoms with Gasteiger partial charge in [0.15, 0.2) is 0 Å². The van der Waals surface area contributed by atoms with E-state index in [-0.39, 0.29) is 0 Å². The molecule has 0 unspecified atom stereocenters. The van der Waals surface area contributed by atoms with E-state index in [1.807, 2.05) is 0 Å². The van der Waals surface area contributed by atoms with Crippen LogP contribution in [0.5, 0.6) is 0 Å². The molecule has 1 aliphatic rings. The van der Waals surface area contributed by atoms with Crippen LogP contribution >= 0.6 is 12.2 Å². The molecule has 66 valence electrons. The molecule has 11 heavy (non-hydrogen) atoms. The van der Waals surface area contributed by atoms with Gasteiger partial charge in [0.2, 0.25) is 0 Å². The van der Waals surface area contributed by atoms with Gasteiger partial charge in [-0.25, -0.2) is 4.31 Å². The van der Waals surface area contributed by atoms with Gasteiger partial charge in [0.05, 0.1) is 18.8 Å². The minimum atomic E-state index is 0.671. The quantitative estimate of drug-likeness (QED) is 0.481. The van der Waals surface area contributed by atoms with E-state index >= 15 is 0 Å². The molecular formula is C8H17NOS. The van der Waals surface area contributed by atoms with Crippen molar-refractivity contribution in [3.05, 3.63) is 0 Å². The zero-order valence-electron chi connectivity index (χ0n) is 7.38. The van der Waals surface area contributed by atoms with Crippen LogP contribution in [-0.2, 0) is 4.18 Å². The summed E-state index contributed by atoms with van der Waals surface area (Å²) in [4.78, 5) is 0. The normalized spacial score (nSPS) is 26.2. The third kappa shape index (κ3) is 2.65. The van der Waals surface area contributed by atoms with Gasteiger partial charge in [0.25, 0.3) is 0 Å². The first kappa shape index (κ1) is 9.36. The maximum atomic E-state index is 5.32. The molecule has 0 aromatic rings. The maximum Gasteiger partial charge on any atom is 0.0823 e. The molecule has 0 spiro atoms. The van der Waals surface area contributed by atoms with Crippen LogP contribution in [0, 0.1) is 0 Å². The molecule has 1 atom stereocenters. The SMILES string of the molecule is CCC[C@@H]1COSN1CCC. The lowest BCUT2D eigenvalue weighted by atomic mass is 10.2.